The Hall–Kier alpha value is -2.32. The molecule has 1 aromatic heterocycles. The predicted octanol–water partition coefficient (Wildman–Crippen LogP) is 5.81. The van der Waals surface area contributed by atoms with Crippen molar-refractivity contribution in [3.63, 3.8) is 0 Å². The van der Waals surface area contributed by atoms with Gasteiger partial charge in [-0.05, 0) is 45.8 Å². The third-order valence-corrected chi connectivity index (χ3v) is 5.45. The molecule has 1 heterocycles. The molecule has 0 aliphatic heterocycles. The molecule has 2 heteroatoms. The Kier molecular flexibility index (Phi) is 2.09. The molecular formula is C19H12OS. The lowest BCUT2D eigenvalue weighted by molar-refractivity contribution is 0.415. The average molecular weight is 288 g/mol. The summed E-state index contributed by atoms with van der Waals surface area (Å²) in [6.45, 7) is 0. The molecule has 0 N–H and O–H groups in total. The van der Waals surface area contributed by atoms with Crippen LogP contribution in [0.5, 0.6) is 5.75 Å². The largest absolute Gasteiger partial charge is 0.497 e. The highest BCUT2D eigenvalue weighted by atomic mass is 32.1. The molecule has 0 saturated carbocycles. The van der Waals surface area contributed by atoms with Crippen LogP contribution in [0, 0.1) is 0 Å². The van der Waals surface area contributed by atoms with E-state index in [2.05, 4.69) is 54.6 Å². The van der Waals surface area contributed by atoms with Crippen LogP contribution in [-0.2, 0) is 0 Å². The number of hydrogen-bond acceptors (Lipinski definition) is 2. The Morgan fingerprint density at radius 1 is 0.714 bits per heavy atom. The van der Waals surface area contributed by atoms with Gasteiger partial charge in [-0.1, -0.05) is 30.3 Å². The molecule has 100 valence electrons. The number of ether oxygens (including phenoxy) is 1. The van der Waals surface area contributed by atoms with E-state index in [1.165, 1.54) is 41.7 Å². The summed E-state index contributed by atoms with van der Waals surface area (Å²) >= 11 is 1.88. The number of thiophene rings is 1. The van der Waals surface area contributed by atoms with Crippen molar-refractivity contribution >= 4 is 53.1 Å². The molecule has 0 radical (unpaired) electrons. The quantitative estimate of drug-likeness (QED) is 0.354. The van der Waals surface area contributed by atoms with Crippen molar-refractivity contribution in [2.75, 3.05) is 7.11 Å². The highest BCUT2D eigenvalue weighted by molar-refractivity contribution is 7.26. The standard InChI is InChI=1S/C19H12OS/c1-20-11-8-9-12-13-4-2-6-16-18(13)19-14(15(12)10-11)5-3-7-17(19)21-16/h2-10H,1H3. The minimum absolute atomic E-state index is 0.914. The first-order valence-corrected chi connectivity index (χ1v) is 7.81. The topological polar surface area (TPSA) is 9.23 Å². The summed E-state index contributed by atoms with van der Waals surface area (Å²) < 4.78 is 8.16. The van der Waals surface area contributed by atoms with Crippen LogP contribution < -0.4 is 4.74 Å². The molecule has 21 heavy (non-hydrogen) atoms. The second-order valence-electron chi connectivity index (χ2n) is 5.37. The maximum absolute atomic E-state index is 5.42. The van der Waals surface area contributed by atoms with Gasteiger partial charge in [0.25, 0.3) is 0 Å². The molecule has 0 saturated heterocycles. The van der Waals surface area contributed by atoms with Gasteiger partial charge >= 0.3 is 0 Å². The van der Waals surface area contributed by atoms with Gasteiger partial charge < -0.3 is 4.74 Å². The monoisotopic (exact) mass is 288 g/mol. The normalized spacial score (nSPS) is 12.0. The van der Waals surface area contributed by atoms with Gasteiger partial charge in [-0.3, -0.25) is 0 Å². The van der Waals surface area contributed by atoms with E-state index in [0.29, 0.717) is 0 Å². The summed E-state index contributed by atoms with van der Waals surface area (Å²) in [6, 6.07) is 19.6. The predicted molar refractivity (Wildman–Crippen MR) is 92.1 cm³/mol. The Bertz CT molecular complexity index is 1120. The molecule has 1 nitrogen and oxygen atoms in total. The Labute approximate surface area is 125 Å². The van der Waals surface area contributed by atoms with Crippen LogP contribution >= 0.6 is 11.3 Å². The fourth-order valence-corrected chi connectivity index (χ4v) is 4.58. The van der Waals surface area contributed by atoms with Crippen molar-refractivity contribution < 1.29 is 4.74 Å². The maximum atomic E-state index is 5.42. The third-order valence-electron chi connectivity index (χ3n) is 4.33. The van der Waals surface area contributed by atoms with Gasteiger partial charge in [0.2, 0.25) is 0 Å². The van der Waals surface area contributed by atoms with Crippen LogP contribution in [0.15, 0.2) is 54.6 Å². The van der Waals surface area contributed by atoms with Crippen molar-refractivity contribution in [2.45, 2.75) is 0 Å². The van der Waals surface area contributed by atoms with Gasteiger partial charge in [-0.25, -0.2) is 0 Å². The van der Waals surface area contributed by atoms with E-state index in [1.54, 1.807) is 7.11 Å². The molecule has 5 aromatic rings. The molecule has 0 bridgehead atoms. The molecule has 0 unspecified atom stereocenters. The first kappa shape index (κ1) is 11.4. The van der Waals surface area contributed by atoms with E-state index >= 15 is 0 Å². The zero-order valence-corrected chi connectivity index (χ0v) is 12.3. The SMILES string of the molecule is COc1ccc2c(c1)c1cccc3sc4cccc2c4c31. The van der Waals surface area contributed by atoms with Gasteiger partial charge in [0.15, 0.2) is 0 Å². The molecule has 0 spiro atoms. The van der Waals surface area contributed by atoms with Gasteiger partial charge in [0.05, 0.1) is 7.11 Å². The first-order chi connectivity index (χ1) is 10.4. The fraction of sp³-hybridized carbons (Fsp3) is 0.0526. The fourth-order valence-electron chi connectivity index (χ4n) is 3.42. The van der Waals surface area contributed by atoms with E-state index in [1.807, 2.05) is 11.3 Å². The van der Waals surface area contributed by atoms with E-state index in [0.717, 1.165) is 5.75 Å². The second kappa shape index (κ2) is 3.86. The highest BCUT2D eigenvalue weighted by Gasteiger charge is 2.15. The van der Waals surface area contributed by atoms with Crippen LogP contribution in [0.4, 0.5) is 0 Å². The van der Waals surface area contributed by atoms with Crippen LogP contribution in [0.2, 0.25) is 0 Å². The lowest BCUT2D eigenvalue weighted by atomic mass is 9.94. The van der Waals surface area contributed by atoms with Crippen LogP contribution in [0.3, 0.4) is 0 Å². The third kappa shape index (κ3) is 1.35. The first-order valence-electron chi connectivity index (χ1n) is 7.00. The molecule has 0 atom stereocenters. The molecular weight excluding hydrogens is 276 g/mol. The summed E-state index contributed by atoms with van der Waals surface area (Å²) in [4.78, 5) is 0. The minimum atomic E-state index is 0.914. The second-order valence-corrected chi connectivity index (χ2v) is 6.45. The van der Waals surface area contributed by atoms with Crippen LogP contribution in [-0.4, -0.2) is 7.11 Å². The lowest BCUT2D eigenvalue weighted by Crippen LogP contribution is -1.85. The molecule has 0 fully saturated rings. The van der Waals surface area contributed by atoms with Crippen molar-refractivity contribution in [1.29, 1.82) is 0 Å². The number of rotatable bonds is 1. The number of hydrogen-bond donors (Lipinski definition) is 0. The molecule has 4 aromatic carbocycles. The zero-order valence-electron chi connectivity index (χ0n) is 11.5. The lowest BCUT2D eigenvalue weighted by Gasteiger charge is -2.10. The van der Waals surface area contributed by atoms with Crippen molar-refractivity contribution in [1.82, 2.24) is 0 Å². The number of benzene rings is 4. The number of fused-ring (bicyclic) bond motifs is 3. The van der Waals surface area contributed by atoms with Gasteiger partial charge in [-0.2, -0.15) is 0 Å². The maximum Gasteiger partial charge on any atom is 0.119 e. The Morgan fingerprint density at radius 2 is 1.38 bits per heavy atom. The molecule has 0 aliphatic carbocycles. The highest BCUT2D eigenvalue weighted by Crippen LogP contribution is 2.45. The van der Waals surface area contributed by atoms with E-state index in [-0.39, 0.29) is 0 Å². The van der Waals surface area contributed by atoms with Crippen molar-refractivity contribution in [3.05, 3.63) is 54.6 Å². The van der Waals surface area contributed by atoms with Gasteiger partial charge in [0, 0.05) is 20.2 Å². The van der Waals surface area contributed by atoms with Gasteiger partial charge in [0.1, 0.15) is 5.75 Å². The Morgan fingerprint density at radius 3 is 2.05 bits per heavy atom. The average Bonchev–Trinajstić information content (AvgIpc) is 2.93. The van der Waals surface area contributed by atoms with E-state index in [4.69, 9.17) is 4.74 Å². The number of methoxy groups -OCH3 is 1. The minimum Gasteiger partial charge on any atom is -0.497 e. The zero-order chi connectivity index (χ0) is 14.0. The van der Waals surface area contributed by atoms with Crippen molar-refractivity contribution in [2.24, 2.45) is 0 Å². The summed E-state index contributed by atoms with van der Waals surface area (Å²) in [5.74, 6) is 0.914. The van der Waals surface area contributed by atoms with E-state index in [9.17, 15) is 0 Å². The smallest absolute Gasteiger partial charge is 0.119 e. The molecule has 0 aliphatic rings. The van der Waals surface area contributed by atoms with Gasteiger partial charge in [-0.15, -0.1) is 11.3 Å². The molecule has 0 amide bonds. The summed E-state index contributed by atoms with van der Waals surface area (Å²) in [5, 5.41) is 8.05. The Balaban J connectivity index is 2.21. The summed E-state index contributed by atoms with van der Waals surface area (Å²) in [6.07, 6.45) is 0. The van der Waals surface area contributed by atoms with Crippen LogP contribution in [0.25, 0.3) is 41.7 Å². The van der Waals surface area contributed by atoms with Crippen molar-refractivity contribution in [3.8, 4) is 5.75 Å². The summed E-state index contributed by atoms with van der Waals surface area (Å²) in [5.41, 5.74) is 0. The summed E-state index contributed by atoms with van der Waals surface area (Å²) in [7, 11) is 1.72. The molecule has 5 rings (SSSR count). The van der Waals surface area contributed by atoms with Crippen LogP contribution in [0.1, 0.15) is 0 Å². The van der Waals surface area contributed by atoms with E-state index < -0.39 is 0 Å².